The Balaban J connectivity index is 1.11. The van der Waals surface area contributed by atoms with E-state index < -0.39 is 61.9 Å². The fraction of sp³-hybridized carbons (Fsp3) is 0.579. The first-order valence-corrected chi connectivity index (χ1v) is 15.0. The summed E-state index contributed by atoms with van der Waals surface area (Å²) in [7, 11) is 0. The lowest BCUT2D eigenvalue weighted by Crippen LogP contribution is -2.29. The van der Waals surface area contributed by atoms with Gasteiger partial charge in [0, 0.05) is 12.8 Å². The molecule has 1 unspecified atom stereocenters. The summed E-state index contributed by atoms with van der Waals surface area (Å²) in [5, 5.41) is 35.5. The van der Waals surface area contributed by atoms with Gasteiger partial charge in [0.05, 0.1) is 25.4 Å². The number of halogens is 1. The molecule has 0 bridgehead atoms. The van der Waals surface area contributed by atoms with E-state index in [0.717, 1.165) is 15.7 Å². The van der Waals surface area contributed by atoms with Crippen molar-refractivity contribution >= 4 is 52.6 Å². The molecule has 0 aromatic carbocycles. The molecule has 6 heterocycles. The summed E-state index contributed by atoms with van der Waals surface area (Å²) in [6.45, 7) is -4.66. The fourth-order valence-electron chi connectivity index (χ4n) is 4.75. The van der Waals surface area contributed by atoms with E-state index in [9.17, 15) is 19.9 Å². The van der Waals surface area contributed by atoms with Crippen molar-refractivity contribution in [3.05, 3.63) is 16.7 Å². The predicted molar refractivity (Wildman–Crippen MR) is 140 cm³/mol. The highest BCUT2D eigenvalue weighted by atomic mass is 32.5. The van der Waals surface area contributed by atoms with Gasteiger partial charge in [0.2, 0.25) is 5.95 Å². The molecule has 8 atom stereocenters. The molecule has 20 nitrogen and oxygen atoms in total. The zero-order chi connectivity index (χ0) is 29.8. The number of ether oxygens (including phenoxy) is 2. The molecule has 0 saturated carbocycles. The second-order valence-electron chi connectivity index (χ2n) is 9.42. The Morgan fingerprint density at radius 2 is 1.90 bits per heavy atom. The number of nitrogen functional groups attached to an aromatic ring is 2. The van der Waals surface area contributed by atoms with Gasteiger partial charge in [-0.2, -0.15) is 14.3 Å². The average molecular weight is 631 g/mol. The number of nitrogens with zero attached hydrogens (tertiary/aromatic N) is 9. The maximum absolute atomic E-state index is 15.0. The molecule has 2 aliphatic heterocycles. The number of aliphatic hydroxyl groups is 2. The number of nitrogens with two attached hydrogens (primary N) is 2. The monoisotopic (exact) mass is 630 g/mol. The van der Waals surface area contributed by atoms with Crippen LogP contribution in [0.5, 0.6) is 0 Å². The number of nitrogens with one attached hydrogen (secondary N) is 1. The number of aromatic amines is 1. The number of aromatic nitrogens is 10. The van der Waals surface area contributed by atoms with Crippen molar-refractivity contribution in [2.75, 3.05) is 24.7 Å². The van der Waals surface area contributed by atoms with Crippen LogP contribution in [0, 0.1) is 0 Å². The third-order valence-electron chi connectivity index (χ3n) is 6.69. The van der Waals surface area contributed by atoms with E-state index in [-0.39, 0.29) is 53.5 Å². The van der Waals surface area contributed by atoms with Crippen LogP contribution < -0.4 is 17.0 Å². The lowest BCUT2D eigenvalue weighted by Gasteiger charge is -2.24. The number of H-pyrrole nitrogens is 1. The summed E-state index contributed by atoms with van der Waals surface area (Å²) in [5.74, 6) is -0.144. The fourth-order valence-corrected chi connectivity index (χ4v) is 6.24. The lowest BCUT2D eigenvalue weighted by molar-refractivity contribution is -0.0547. The molecule has 226 valence electrons. The van der Waals surface area contributed by atoms with Gasteiger partial charge in [-0.1, -0.05) is 10.4 Å². The summed E-state index contributed by atoms with van der Waals surface area (Å²) in [5.41, 5.74) is 10.9. The van der Waals surface area contributed by atoms with Crippen LogP contribution in [0.4, 0.5) is 16.2 Å². The van der Waals surface area contributed by atoms with Crippen LogP contribution in [-0.4, -0.2) is 109 Å². The summed E-state index contributed by atoms with van der Waals surface area (Å²) in [6.07, 6.45) is -7.62. The van der Waals surface area contributed by atoms with Crippen molar-refractivity contribution in [1.29, 1.82) is 0 Å². The minimum atomic E-state index is -3.98. The van der Waals surface area contributed by atoms with Crippen LogP contribution in [-0.2, 0) is 30.3 Å². The largest absolute Gasteiger partial charge is 0.394 e. The summed E-state index contributed by atoms with van der Waals surface area (Å²) in [4.78, 5) is 37.1. The van der Waals surface area contributed by atoms with Crippen molar-refractivity contribution in [3.63, 3.8) is 0 Å². The van der Waals surface area contributed by atoms with Crippen molar-refractivity contribution < 1.29 is 38.0 Å². The van der Waals surface area contributed by atoms with E-state index in [0.29, 0.717) is 0 Å². The zero-order valence-electron chi connectivity index (χ0n) is 21.2. The molecule has 23 heteroatoms. The molecule has 42 heavy (non-hydrogen) atoms. The first-order valence-electron chi connectivity index (χ1n) is 12.4. The van der Waals surface area contributed by atoms with Gasteiger partial charge in [-0.25, -0.2) is 14.4 Å². The molecule has 2 aliphatic rings. The summed E-state index contributed by atoms with van der Waals surface area (Å²) < 4.78 is 39.8. The average Bonchev–Trinajstić information content (AvgIpc) is 3.71. The zero-order valence-corrected chi connectivity index (χ0v) is 23.0. The standard InChI is InChI=1S/C19H24FN12O8PS/c20-9-12(34)7(39-18(9)31-14-10(27-29-31)13(21)23-5-24-14)1-2-37-41(36,42)40-8-3-6(4-33)38-17(8)32-15-11(28-30-32)16(35)26-19(22)25-15/h5-9,12,17-18,33-34H,1-4H2,(H,36,42)(H2,21,23,24)(H3,22,25,26,35)/t6-,7+,8+,9-,12+,17+,18+,41?/m0/s1. The summed E-state index contributed by atoms with van der Waals surface area (Å²) >= 11 is 5.16. The minimum absolute atomic E-state index is 0.0161. The number of fused-ring (bicyclic) bond motifs is 2. The van der Waals surface area contributed by atoms with Gasteiger partial charge in [0.15, 0.2) is 46.8 Å². The Hall–Kier alpha value is -3.34. The molecular formula is C19H24FN12O8PS. The Bertz CT molecular complexity index is 1720. The third kappa shape index (κ3) is 5.20. The first kappa shape index (κ1) is 28.8. The molecule has 0 spiro atoms. The van der Waals surface area contributed by atoms with Crippen molar-refractivity contribution in [3.8, 4) is 0 Å². The number of alkyl halides is 1. The van der Waals surface area contributed by atoms with Crippen molar-refractivity contribution in [1.82, 2.24) is 49.9 Å². The van der Waals surface area contributed by atoms with Gasteiger partial charge in [-0.3, -0.25) is 9.78 Å². The SMILES string of the molecule is Nc1nc2c(nnn2[C@@H]2O[C@H](CO)C[C@H]2OP(O)(=S)OCC[C@H]2O[C@@H](n3nnc4c(N)ncnc43)[C@@H](F)[C@@H]2O)c(=O)[nH]1. The molecule has 6 rings (SSSR count). The Labute approximate surface area is 238 Å². The second kappa shape index (κ2) is 11.1. The third-order valence-corrected chi connectivity index (χ3v) is 8.31. The normalized spacial score (nSPS) is 29.5. The number of rotatable bonds is 9. The van der Waals surface area contributed by atoms with Gasteiger partial charge < -0.3 is 45.1 Å². The van der Waals surface area contributed by atoms with E-state index >= 15 is 4.39 Å². The Kier molecular flexibility index (Phi) is 7.57. The van der Waals surface area contributed by atoms with Crippen LogP contribution in [0.25, 0.3) is 22.3 Å². The second-order valence-corrected chi connectivity index (χ2v) is 12.2. The highest BCUT2D eigenvalue weighted by Gasteiger charge is 2.47. The molecule has 8 N–H and O–H groups in total. The van der Waals surface area contributed by atoms with Gasteiger partial charge in [0.25, 0.3) is 5.56 Å². The van der Waals surface area contributed by atoms with Gasteiger partial charge in [0.1, 0.15) is 18.5 Å². The van der Waals surface area contributed by atoms with E-state index in [4.69, 9.17) is 41.8 Å². The molecule has 0 radical (unpaired) electrons. The van der Waals surface area contributed by atoms with Crippen molar-refractivity contribution in [2.45, 2.75) is 55.9 Å². The van der Waals surface area contributed by atoms with E-state index in [1.54, 1.807) is 0 Å². The maximum Gasteiger partial charge on any atom is 0.324 e. The van der Waals surface area contributed by atoms with Gasteiger partial charge in [-0.05, 0) is 11.8 Å². The molecule has 0 amide bonds. The molecule has 4 aromatic rings. The summed E-state index contributed by atoms with van der Waals surface area (Å²) in [6, 6.07) is 0. The number of hydrogen-bond donors (Lipinski definition) is 6. The number of hydrogen-bond acceptors (Lipinski definition) is 17. The van der Waals surface area contributed by atoms with Crippen LogP contribution >= 0.6 is 6.72 Å². The van der Waals surface area contributed by atoms with Crippen LogP contribution in [0.2, 0.25) is 0 Å². The van der Waals surface area contributed by atoms with E-state index in [2.05, 4.69) is 40.6 Å². The molecule has 2 saturated heterocycles. The Morgan fingerprint density at radius 1 is 1.17 bits per heavy atom. The van der Waals surface area contributed by atoms with Gasteiger partial charge >= 0.3 is 6.72 Å². The van der Waals surface area contributed by atoms with Crippen LogP contribution in [0.3, 0.4) is 0 Å². The van der Waals surface area contributed by atoms with Crippen LogP contribution in [0.1, 0.15) is 25.3 Å². The Morgan fingerprint density at radius 3 is 2.67 bits per heavy atom. The van der Waals surface area contributed by atoms with Crippen molar-refractivity contribution in [2.24, 2.45) is 0 Å². The highest BCUT2D eigenvalue weighted by Crippen LogP contribution is 2.50. The number of anilines is 2. The highest BCUT2D eigenvalue weighted by molar-refractivity contribution is 8.07. The molecule has 0 aliphatic carbocycles. The lowest BCUT2D eigenvalue weighted by atomic mass is 10.1. The van der Waals surface area contributed by atoms with E-state index in [1.807, 2.05) is 0 Å². The quantitative estimate of drug-likeness (QED) is 0.107. The smallest absolute Gasteiger partial charge is 0.324 e. The molecule has 4 aromatic heterocycles. The topological polar surface area (TPSA) is 283 Å². The number of aliphatic hydroxyl groups excluding tert-OH is 2. The molecule has 2 fully saturated rings. The molecular weight excluding hydrogens is 606 g/mol. The maximum atomic E-state index is 15.0. The van der Waals surface area contributed by atoms with Crippen LogP contribution in [0.15, 0.2) is 11.1 Å². The first-order chi connectivity index (χ1) is 20.1. The van der Waals surface area contributed by atoms with Gasteiger partial charge in [-0.15, -0.1) is 10.2 Å². The predicted octanol–water partition coefficient (Wildman–Crippen LogP) is -2.20. The minimum Gasteiger partial charge on any atom is -0.394 e. The van der Waals surface area contributed by atoms with E-state index in [1.165, 1.54) is 0 Å².